The van der Waals surface area contributed by atoms with Crippen LogP contribution in [-0.4, -0.2) is 55.0 Å². The molecule has 0 aliphatic carbocycles. The second kappa shape index (κ2) is 7.59. The lowest BCUT2D eigenvalue weighted by molar-refractivity contribution is -0.109. The predicted octanol–water partition coefficient (Wildman–Crippen LogP) is 2.47. The van der Waals surface area contributed by atoms with Crippen molar-refractivity contribution in [2.24, 2.45) is 0 Å². The largest absolute Gasteiger partial charge is 0.445 e. The van der Waals surface area contributed by atoms with Crippen molar-refractivity contribution in [1.82, 2.24) is 14.3 Å². The molecule has 0 saturated carbocycles. The van der Waals surface area contributed by atoms with Crippen molar-refractivity contribution in [2.45, 2.75) is 30.7 Å². The number of likely N-dealkylation sites (tertiary alicyclic amines) is 1. The third-order valence-corrected chi connectivity index (χ3v) is 6.09. The molecule has 2 aromatic rings. The summed E-state index contributed by atoms with van der Waals surface area (Å²) in [4.78, 5) is 31.0. The highest BCUT2D eigenvalue weighted by Crippen LogP contribution is 2.37. The molecule has 3 atom stereocenters. The van der Waals surface area contributed by atoms with E-state index in [-0.39, 0.29) is 17.0 Å². The Bertz CT molecular complexity index is 759. The number of amides is 1. The van der Waals surface area contributed by atoms with Gasteiger partial charge in [-0.05, 0) is 6.42 Å². The smallest absolute Gasteiger partial charge is 0.410 e. The number of thiazole rings is 1. The summed E-state index contributed by atoms with van der Waals surface area (Å²) in [5.41, 5.74) is 0. The third-order valence-electron chi connectivity index (χ3n) is 3.97. The summed E-state index contributed by atoms with van der Waals surface area (Å²) >= 11 is 2.63. The number of rotatable bonds is 5. The molecule has 1 aliphatic heterocycles. The van der Waals surface area contributed by atoms with Gasteiger partial charge in [-0.2, -0.15) is 0 Å². The van der Waals surface area contributed by atoms with E-state index in [9.17, 15) is 14.7 Å². The molecule has 1 amide bonds. The molecule has 25 heavy (non-hydrogen) atoms. The van der Waals surface area contributed by atoms with Crippen molar-refractivity contribution in [1.29, 1.82) is 0 Å². The fraction of sp³-hybridized carbons (Fsp3) is 0.438. The van der Waals surface area contributed by atoms with Gasteiger partial charge in [-0.25, -0.2) is 9.78 Å². The van der Waals surface area contributed by atoms with E-state index in [2.05, 4.69) is 11.6 Å². The van der Waals surface area contributed by atoms with Gasteiger partial charge in [0.15, 0.2) is 5.12 Å². The summed E-state index contributed by atoms with van der Waals surface area (Å²) in [6.45, 7) is 5.51. The summed E-state index contributed by atoms with van der Waals surface area (Å²) < 4.78 is 6.97. The van der Waals surface area contributed by atoms with Gasteiger partial charge in [0.2, 0.25) is 0 Å². The van der Waals surface area contributed by atoms with Crippen LogP contribution in [0.25, 0.3) is 4.83 Å². The Morgan fingerprint density at radius 2 is 2.44 bits per heavy atom. The van der Waals surface area contributed by atoms with Gasteiger partial charge in [0.25, 0.3) is 0 Å². The average molecular weight is 381 g/mol. The Kier molecular flexibility index (Phi) is 5.45. The summed E-state index contributed by atoms with van der Waals surface area (Å²) in [6.07, 6.45) is 5.88. The van der Waals surface area contributed by atoms with Crippen LogP contribution < -0.4 is 0 Å². The van der Waals surface area contributed by atoms with Crippen LogP contribution in [-0.2, 0) is 9.53 Å². The Hall–Kier alpha value is -1.84. The highest BCUT2D eigenvalue weighted by atomic mass is 32.2. The van der Waals surface area contributed by atoms with Crippen LogP contribution in [0.3, 0.4) is 0 Å². The fourth-order valence-corrected chi connectivity index (χ4v) is 4.95. The van der Waals surface area contributed by atoms with Crippen molar-refractivity contribution < 1.29 is 19.4 Å². The Labute approximate surface area is 153 Å². The summed E-state index contributed by atoms with van der Waals surface area (Å²) in [6, 6.07) is -0.439. The number of nitrogens with zero attached hydrogens (tertiary/aromatic N) is 3. The van der Waals surface area contributed by atoms with Crippen LogP contribution >= 0.6 is 23.1 Å². The molecule has 3 rings (SSSR count). The summed E-state index contributed by atoms with van der Waals surface area (Å²) in [5.74, 6) is 0. The monoisotopic (exact) mass is 381 g/mol. The van der Waals surface area contributed by atoms with Gasteiger partial charge in [-0.15, -0.1) is 11.3 Å². The summed E-state index contributed by atoms with van der Waals surface area (Å²) in [5, 5.41) is 10.8. The first kappa shape index (κ1) is 18.0. The van der Waals surface area contributed by atoms with Crippen LogP contribution in [0.2, 0.25) is 0 Å². The number of carbonyl (C=O) groups excluding carboxylic acids is 2. The minimum Gasteiger partial charge on any atom is -0.445 e. The fourth-order valence-electron chi connectivity index (χ4n) is 2.95. The lowest BCUT2D eigenvalue weighted by Crippen LogP contribution is -2.39. The number of thioether (sulfide) groups is 1. The van der Waals surface area contributed by atoms with Crippen LogP contribution in [0.15, 0.2) is 31.4 Å². The summed E-state index contributed by atoms with van der Waals surface area (Å²) in [7, 11) is 0. The molecule has 1 N–H and O–H groups in total. The van der Waals surface area contributed by atoms with Crippen LogP contribution in [0.4, 0.5) is 4.79 Å². The highest BCUT2D eigenvalue weighted by molar-refractivity contribution is 8.14. The van der Waals surface area contributed by atoms with Gasteiger partial charge in [0, 0.05) is 24.9 Å². The van der Waals surface area contributed by atoms with Gasteiger partial charge < -0.3 is 14.7 Å². The van der Waals surface area contributed by atoms with E-state index in [1.54, 1.807) is 12.5 Å². The molecule has 1 unspecified atom stereocenters. The van der Waals surface area contributed by atoms with Crippen molar-refractivity contribution in [3.8, 4) is 0 Å². The Morgan fingerprint density at radius 3 is 3.12 bits per heavy atom. The number of fused-ring (bicyclic) bond motifs is 1. The first-order chi connectivity index (χ1) is 12.0. The molecule has 1 aliphatic rings. The van der Waals surface area contributed by atoms with Gasteiger partial charge >= 0.3 is 6.09 Å². The molecular formula is C16H19N3O4S2. The number of aliphatic hydroxyl groups excluding tert-OH is 1. The highest BCUT2D eigenvalue weighted by Gasteiger charge is 2.41. The van der Waals surface area contributed by atoms with E-state index < -0.39 is 18.2 Å². The van der Waals surface area contributed by atoms with Gasteiger partial charge in [0.1, 0.15) is 17.5 Å². The molecule has 0 radical (unpaired) electrons. The minimum absolute atomic E-state index is 0.00369. The first-order valence-corrected chi connectivity index (χ1v) is 9.50. The Balaban J connectivity index is 1.80. The Morgan fingerprint density at radius 1 is 1.64 bits per heavy atom. The molecule has 1 fully saturated rings. The molecule has 0 spiro atoms. The van der Waals surface area contributed by atoms with Crippen LogP contribution in [0, 0.1) is 0 Å². The van der Waals surface area contributed by atoms with E-state index in [0.717, 1.165) is 9.71 Å². The maximum absolute atomic E-state index is 12.3. The molecule has 1 saturated heterocycles. The average Bonchev–Trinajstić information content (AvgIpc) is 3.25. The van der Waals surface area contributed by atoms with Gasteiger partial charge in [-0.1, -0.05) is 24.4 Å². The molecule has 0 aromatic carbocycles. The lowest BCUT2D eigenvalue weighted by Gasteiger charge is -2.27. The third kappa shape index (κ3) is 3.88. The topological polar surface area (TPSA) is 84.1 Å². The lowest BCUT2D eigenvalue weighted by atomic mass is 10.1. The van der Waals surface area contributed by atoms with Gasteiger partial charge in [-0.3, -0.25) is 9.20 Å². The molecular weight excluding hydrogens is 362 g/mol. The number of hydrogen-bond acceptors (Lipinski definition) is 7. The van der Waals surface area contributed by atoms with Crippen molar-refractivity contribution in [3.63, 3.8) is 0 Å². The van der Waals surface area contributed by atoms with Crippen molar-refractivity contribution >= 4 is 39.1 Å². The van der Waals surface area contributed by atoms with Crippen LogP contribution in [0.1, 0.15) is 24.3 Å². The van der Waals surface area contributed by atoms with E-state index >= 15 is 0 Å². The van der Waals surface area contributed by atoms with E-state index in [1.807, 2.05) is 10.6 Å². The molecule has 2 aromatic heterocycles. The molecule has 9 heteroatoms. The molecule has 134 valence electrons. The molecule has 0 bridgehead atoms. The number of carbonyl (C=O) groups is 2. The standard InChI is InChI=1S/C16H19N3O4S2/c1-3-4-23-16(22)19-7-11(24-10(2)20)5-12(19)15(21)13-8-18-9-17-6-14(18)25-13/h3,6,8-9,11-12,15,21H,1,4-5,7H2,2H3/t11-,12+,15?/m1/s1. The second-order valence-corrected chi connectivity index (χ2v) is 8.34. The van der Waals surface area contributed by atoms with Crippen molar-refractivity contribution in [3.05, 3.63) is 36.3 Å². The zero-order chi connectivity index (χ0) is 18.0. The van der Waals surface area contributed by atoms with E-state index in [0.29, 0.717) is 13.0 Å². The van der Waals surface area contributed by atoms with Crippen molar-refractivity contribution in [2.75, 3.05) is 13.2 Å². The quantitative estimate of drug-likeness (QED) is 0.801. The van der Waals surface area contributed by atoms with Gasteiger partial charge in [0.05, 0.1) is 23.4 Å². The molecule has 3 heterocycles. The number of aliphatic hydroxyl groups is 1. The van der Waals surface area contributed by atoms with E-state index in [1.165, 1.54) is 41.0 Å². The number of ether oxygens (including phenoxy) is 1. The maximum Gasteiger partial charge on any atom is 0.410 e. The maximum atomic E-state index is 12.3. The minimum atomic E-state index is -0.848. The predicted molar refractivity (Wildman–Crippen MR) is 96.7 cm³/mol. The SMILES string of the molecule is C=CCOC(=O)N1C[C@H](SC(C)=O)C[C@H]1C(O)c1cn2cncc2s1. The first-order valence-electron chi connectivity index (χ1n) is 7.80. The molecule has 7 nitrogen and oxygen atoms in total. The zero-order valence-electron chi connectivity index (χ0n) is 13.7. The number of hydrogen-bond donors (Lipinski definition) is 1. The van der Waals surface area contributed by atoms with E-state index in [4.69, 9.17) is 4.74 Å². The van der Waals surface area contributed by atoms with Crippen LogP contribution in [0.5, 0.6) is 0 Å². The zero-order valence-corrected chi connectivity index (χ0v) is 15.3. The second-order valence-electron chi connectivity index (χ2n) is 5.77. The number of aromatic nitrogens is 2. The normalized spacial score (nSPS) is 21.4. The number of imidazole rings is 1.